The average Bonchev–Trinajstić information content (AvgIpc) is 2.76. The van der Waals surface area contributed by atoms with Crippen LogP contribution in [0.15, 0.2) is 71.6 Å². The number of benzene rings is 3. The molecule has 0 unspecified atom stereocenters. The maximum atomic E-state index is 12.9. The van der Waals surface area contributed by atoms with Crippen LogP contribution in [-0.4, -0.2) is 20.2 Å². The van der Waals surface area contributed by atoms with E-state index < -0.39 is 27.7 Å². The second-order valence-corrected chi connectivity index (χ2v) is 8.92. The summed E-state index contributed by atoms with van der Waals surface area (Å²) in [5, 5.41) is 0. The van der Waals surface area contributed by atoms with Gasteiger partial charge in [0, 0.05) is 11.3 Å². The molecule has 0 heterocycles. The van der Waals surface area contributed by atoms with E-state index in [1.807, 2.05) is 19.9 Å². The number of rotatable bonds is 6. The molecular formula is C23H22FN3O4S. The number of aryl methyl sites for hydroxylation is 2. The van der Waals surface area contributed by atoms with Crippen molar-refractivity contribution in [2.24, 2.45) is 0 Å². The van der Waals surface area contributed by atoms with Gasteiger partial charge in [0.25, 0.3) is 15.9 Å². The van der Waals surface area contributed by atoms with E-state index in [4.69, 9.17) is 0 Å². The fourth-order valence-corrected chi connectivity index (χ4v) is 3.88. The van der Waals surface area contributed by atoms with Gasteiger partial charge in [0.2, 0.25) is 5.91 Å². The summed E-state index contributed by atoms with van der Waals surface area (Å²) < 4.78 is 40.6. The zero-order chi connectivity index (χ0) is 23.3. The molecule has 3 aromatic rings. The van der Waals surface area contributed by atoms with Crippen LogP contribution in [0.25, 0.3) is 0 Å². The number of hydrogen-bond acceptors (Lipinski definition) is 4. The lowest BCUT2D eigenvalue weighted by Gasteiger charge is -2.11. The first-order valence-electron chi connectivity index (χ1n) is 9.68. The van der Waals surface area contributed by atoms with E-state index in [2.05, 4.69) is 15.6 Å². The Kier molecular flexibility index (Phi) is 6.89. The fourth-order valence-electron chi connectivity index (χ4n) is 2.83. The Labute approximate surface area is 185 Å². The second kappa shape index (κ2) is 9.61. The molecule has 0 fully saturated rings. The number of sulfonamides is 1. The fraction of sp³-hybridized carbons (Fsp3) is 0.130. The van der Waals surface area contributed by atoms with Gasteiger partial charge in [-0.05, 0) is 79.1 Å². The third-order valence-corrected chi connectivity index (χ3v) is 6.18. The molecule has 0 bridgehead atoms. The second-order valence-electron chi connectivity index (χ2n) is 7.23. The van der Waals surface area contributed by atoms with Crippen molar-refractivity contribution in [1.82, 2.24) is 10.9 Å². The molecule has 0 aliphatic rings. The molecule has 2 amide bonds. The third-order valence-electron chi connectivity index (χ3n) is 4.78. The van der Waals surface area contributed by atoms with Gasteiger partial charge in [-0.2, -0.15) is 0 Å². The summed E-state index contributed by atoms with van der Waals surface area (Å²) in [5.74, 6) is -1.50. The van der Waals surface area contributed by atoms with Gasteiger partial charge < -0.3 is 0 Å². The Morgan fingerprint density at radius 3 is 2.12 bits per heavy atom. The maximum Gasteiger partial charge on any atom is 0.269 e. The van der Waals surface area contributed by atoms with Crippen LogP contribution >= 0.6 is 0 Å². The summed E-state index contributed by atoms with van der Waals surface area (Å²) in [6.45, 7) is 3.82. The normalized spacial score (nSPS) is 11.0. The summed E-state index contributed by atoms with van der Waals surface area (Å²) in [6, 6.07) is 16.0. The number of anilines is 1. The molecule has 0 saturated carbocycles. The summed E-state index contributed by atoms with van der Waals surface area (Å²) in [4.78, 5) is 24.2. The molecule has 32 heavy (non-hydrogen) atoms. The first-order valence-corrected chi connectivity index (χ1v) is 11.2. The lowest BCUT2D eigenvalue weighted by atomic mass is 10.1. The minimum absolute atomic E-state index is 0.00683. The van der Waals surface area contributed by atoms with E-state index in [1.54, 1.807) is 12.1 Å². The molecule has 9 heteroatoms. The number of halogens is 1. The van der Waals surface area contributed by atoms with Gasteiger partial charge in [-0.15, -0.1) is 0 Å². The molecule has 0 atom stereocenters. The molecule has 0 aliphatic carbocycles. The van der Waals surface area contributed by atoms with Gasteiger partial charge in [-0.3, -0.25) is 25.2 Å². The van der Waals surface area contributed by atoms with Crippen molar-refractivity contribution in [1.29, 1.82) is 0 Å². The number of carbonyl (C=O) groups excluding carboxylic acids is 2. The van der Waals surface area contributed by atoms with Crippen LogP contribution in [0.4, 0.5) is 10.1 Å². The predicted molar refractivity (Wildman–Crippen MR) is 119 cm³/mol. The van der Waals surface area contributed by atoms with E-state index >= 15 is 0 Å². The van der Waals surface area contributed by atoms with E-state index in [0.717, 1.165) is 11.1 Å². The summed E-state index contributed by atoms with van der Waals surface area (Å²) in [5.41, 5.74) is 7.73. The third kappa shape index (κ3) is 5.92. The van der Waals surface area contributed by atoms with Crippen LogP contribution in [0.1, 0.15) is 27.0 Å². The van der Waals surface area contributed by atoms with Crippen molar-refractivity contribution in [3.05, 3.63) is 94.8 Å². The van der Waals surface area contributed by atoms with Crippen molar-refractivity contribution in [2.75, 3.05) is 4.72 Å². The molecule has 0 saturated heterocycles. The van der Waals surface area contributed by atoms with Crippen LogP contribution in [0.2, 0.25) is 0 Å². The molecule has 0 radical (unpaired) electrons. The quantitative estimate of drug-likeness (QED) is 0.496. The van der Waals surface area contributed by atoms with E-state index in [1.165, 1.54) is 48.5 Å². The number of hydrogen-bond donors (Lipinski definition) is 3. The van der Waals surface area contributed by atoms with Crippen LogP contribution in [0.3, 0.4) is 0 Å². The highest BCUT2D eigenvalue weighted by molar-refractivity contribution is 7.92. The highest BCUT2D eigenvalue weighted by Crippen LogP contribution is 2.19. The van der Waals surface area contributed by atoms with Gasteiger partial charge in [-0.1, -0.05) is 18.2 Å². The monoisotopic (exact) mass is 455 g/mol. The van der Waals surface area contributed by atoms with Crippen LogP contribution in [0, 0.1) is 19.7 Å². The van der Waals surface area contributed by atoms with Gasteiger partial charge in [0.15, 0.2) is 0 Å². The lowest BCUT2D eigenvalue weighted by Crippen LogP contribution is -2.42. The largest absolute Gasteiger partial charge is 0.280 e. The van der Waals surface area contributed by atoms with Crippen molar-refractivity contribution in [3.8, 4) is 0 Å². The Bertz CT molecular complexity index is 1240. The molecule has 0 spiro atoms. The number of carbonyl (C=O) groups is 2. The van der Waals surface area contributed by atoms with Crippen molar-refractivity contribution < 1.29 is 22.4 Å². The molecule has 3 aromatic carbocycles. The minimum Gasteiger partial charge on any atom is -0.280 e. The Hall–Kier alpha value is -3.72. The van der Waals surface area contributed by atoms with Crippen LogP contribution in [0.5, 0.6) is 0 Å². The number of hydrazine groups is 1. The lowest BCUT2D eigenvalue weighted by molar-refractivity contribution is -0.121. The number of nitrogens with one attached hydrogen (secondary N) is 3. The molecule has 3 N–H and O–H groups in total. The Morgan fingerprint density at radius 2 is 1.50 bits per heavy atom. The number of amides is 2. The predicted octanol–water partition coefficient (Wildman–Crippen LogP) is 3.25. The van der Waals surface area contributed by atoms with Gasteiger partial charge in [0.1, 0.15) is 5.82 Å². The Morgan fingerprint density at radius 1 is 0.844 bits per heavy atom. The molecule has 0 aromatic heterocycles. The summed E-state index contributed by atoms with van der Waals surface area (Å²) >= 11 is 0. The van der Waals surface area contributed by atoms with E-state index in [-0.39, 0.29) is 16.9 Å². The standard InChI is InChI=1S/C23H22FN3O4S/c1-15-3-10-20(13-16(15)2)27-32(30,31)21-11-6-18(7-12-21)23(29)26-25-22(28)14-17-4-8-19(24)9-5-17/h3-13,27H,14H2,1-2H3,(H,25,28)(H,26,29). The van der Waals surface area contributed by atoms with Gasteiger partial charge in [-0.25, -0.2) is 12.8 Å². The van der Waals surface area contributed by atoms with E-state index in [9.17, 15) is 22.4 Å². The average molecular weight is 456 g/mol. The molecule has 0 aliphatic heterocycles. The van der Waals surface area contributed by atoms with Crippen LogP contribution < -0.4 is 15.6 Å². The van der Waals surface area contributed by atoms with Gasteiger partial charge in [0.05, 0.1) is 11.3 Å². The van der Waals surface area contributed by atoms with Crippen molar-refractivity contribution in [2.45, 2.75) is 25.2 Å². The molecule has 7 nitrogen and oxygen atoms in total. The Balaban J connectivity index is 1.58. The summed E-state index contributed by atoms with van der Waals surface area (Å²) in [7, 11) is -3.83. The maximum absolute atomic E-state index is 12.9. The van der Waals surface area contributed by atoms with Gasteiger partial charge >= 0.3 is 0 Å². The topological polar surface area (TPSA) is 104 Å². The van der Waals surface area contributed by atoms with Crippen molar-refractivity contribution in [3.63, 3.8) is 0 Å². The zero-order valence-electron chi connectivity index (χ0n) is 17.5. The van der Waals surface area contributed by atoms with Crippen molar-refractivity contribution >= 4 is 27.5 Å². The SMILES string of the molecule is Cc1ccc(NS(=O)(=O)c2ccc(C(=O)NNC(=O)Cc3ccc(F)cc3)cc2)cc1C. The van der Waals surface area contributed by atoms with E-state index in [0.29, 0.717) is 11.3 Å². The smallest absolute Gasteiger partial charge is 0.269 e. The first kappa shape index (κ1) is 23.0. The van der Waals surface area contributed by atoms with Crippen LogP contribution in [-0.2, 0) is 21.2 Å². The summed E-state index contributed by atoms with van der Waals surface area (Å²) in [6.07, 6.45) is -0.0398. The molecule has 3 rings (SSSR count). The zero-order valence-corrected chi connectivity index (χ0v) is 18.3. The molecular weight excluding hydrogens is 433 g/mol. The highest BCUT2D eigenvalue weighted by atomic mass is 32.2. The first-order chi connectivity index (χ1) is 15.1. The highest BCUT2D eigenvalue weighted by Gasteiger charge is 2.16. The molecule has 166 valence electrons. The minimum atomic E-state index is -3.83.